The van der Waals surface area contributed by atoms with Crippen molar-refractivity contribution in [2.24, 2.45) is 5.84 Å². The second kappa shape index (κ2) is 7.78. The molecule has 0 radical (unpaired) electrons. The Kier molecular flexibility index (Phi) is 6.03. The second-order valence-corrected chi connectivity index (χ2v) is 5.92. The van der Waals surface area contributed by atoms with Crippen LogP contribution >= 0.6 is 0 Å². The van der Waals surface area contributed by atoms with Crippen LogP contribution in [0.3, 0.4) is 0 Å². The van der Waals surface area contributed by atoms with Crippen LogP contribution in [0.15, 0.2) is 12.1 Å². The maximum Gasteiger partial charge on any atom is 0.126 e. The molecular weight excluding hydrogens is 264 g/mol. The zero-order chi connectivity index (χ0) is 15.2. The lowest BCUT2D eigenvalue weighted by molar-refractivity contribution is 0.00850. The van der Waals surface area contributed by atoms with Crippen molar-refractivity contribution in [3.8, 4) is 5.75 Å². The molecule has 0 aliphatic carbocycles. The van der Waals surface area contributed by atoms with E-state index >= 15 is 0 Å². The number of hydrazine groups is 1. The molecule has 1 aromatic rings. The summed E-state index contributed by atoms with van der Waals surface area (Å²) in [6.45, 7) is 5.09. The van der Waals surface area contributed by atoms with E-state index in [1.54, 1.807) is 7.11 Å². The van der Waals surface area contributed by atoms with E-state index in [0.717, 1.165) is 30.8 Å². The number of benzene rings is 1. The fraction of sp³-hybridized carbons (Fsp3) is 0.647. The molecule has 2 atom stereocenters. The zero-order valence-corrected chi connectivity index (χ0v) is 13.4. The molecule has 2 unspecified atom stereocenters. The summed E-state index contributed by atoms with van der Waals surface area (Å²) in [5.74, 6) is 6.73. The van der Waals surface area contributed by atoms with E-state index in [9.17, 15) is 0 Å². The van der Waals surface area contributed by atoms with Crippen molar-refractivity contribution in [2.75, 3.05) is 13.7 Å². The topological polar surface area (TPSA) is 56.5 Å². The molecule has 1 aliphatic heterocycles. The highest BCUT2D eigenvalue weighted by atomic mass is 16.5. The quantitative estimate of drug-likeness (QED) is 0.624. The van der Waals surface area contributed by atoms with E-state index in [-0.39, 0.29) is 6.04 Å². The largest absolute Gasteiger partial charge is 0.496 e. The molecule has 2 rings (SSSR count). The number of hydrogen-bond donors (Lipinski definition) is 2. The highest BCUT2D eigenvalue weighted by Gasteiger charge is 2.20. The van der Waals surface area contributed by atoms with Gasteiger partial charge in [-0.15, -0.1) is 0 Å². The smallest absolute Gasteiger partial charge is 0.126 e. The predicted molar refractivity (Wildman–Crippen MR) is 85.4 cm³/mol. The van der Waals surface area contributed by atoms with Gasteiger partial charge >= 0.3 is 0 Å². The Balaban J connectivity index is 2.08. The summed E-state index contributed by atoms with van der Waals surface area (Å²) >= 11 is 0. The van der Waals surface area contributed by atoms with E-state index in [2.05, 4.69) is 31.4 Å². The Morgan fingerprint density at radius 3 is 2.81 bits per heavy atom. The number of rotatable bonds is 6. The monoisotopic (exact) mass is 292 g/mol. The lowest BCUT2D eigenvalue weighted by Gasteiger charge is -2.26. The van der Waals surface area contributed by atoms with Crippen LogP contribution in [0.25, 0.3) is 0 Å². The molecule has 4 heteroatoms. The van der Waals surface area contributed by atoms with Gasteiger partial charge in [0.05, 0.1) is 13.2 Å². The summed E-state index contributed by atoms with van der Waals surface area (Å²) in [6, 6.07) is 4.35. The van der Waals surface area contributed by atoms with Gasteiger partial charge in [0.2, 0.25) is 0 Å². The van der Waals surface area contributed by atoms with Crippen LogP contribution in [-0.2, 0) is 4.74 Å². The SMILES string of the molecule is COc1c(C(CCC2CCCCO2)NN)ccc(C)c1C. The van der Waals surface area contributed by atoms with E-state index in [1.165, 1.54) is 30.4 Å². The van der Waals surface area contributed by atoms with Gasteiger partial charge in [-0.3, -0.25) is 11.3 Å². The molecule has 0 aromatic heterocycles. The third-order valence-electron chi connectivity index (χ3n) is 4.54. The van der Waals surface area contributed by atoms with Crippen molar-refractivity contribution in [1.82, 2.24) is 5.43 Å². The van der Waals surface area contributed by atoms with Crippen molar-refractivity contribution in [3.05, 3.63) is 28.8 Å². The van der Waals surface area contributed by atoms with Crippen LogP contribution in [0.2, 0.25) is 0 Å². The average molecular weight is 292 g/mol. The van der Waals surface area contributed by atoms with Crippen LogP contribution in [0.1, 0.15) is 54.8 Å². The minimum atomic E-state index is 0.102. The molecular formula is C17H28N2O2. The lowest BCUT2D eigenvalue weighted by Crippen LogP contribution is -2.30. The molecule has 1 aliphatic rings. The maximum atomic E-state index is 5.81. The van der Waals surface area contributed by atoms with E-state index in [1.807, 2.05) is 0 Å². The molecule has 0 spiro atoms. The first-order valence-electron chi connectivity index (χ1n) is 7.89. The van der Waals surface area contributed by atoms with Gasteiger partial charge in [0, 0.05) is 18.2 Å². The highest BCUT2D eigenvalue weighted by molar-refractivity contribution is 5.46. The molecule has 118 valence electrons. The Bertz CT molecular complexity index is 456. The normalized spacial score (nSPS) is 20.3. The lowest BCUT2D eigenvalue weighted by atomic mass is 9.94. The van der Waals surface area contributed by atoms with Crippen molar-refractivity contribution in [1.29, 1.82) is 0 Å². The summed E-state index contributed by atoms with van der Waals surface area (Å²) in [7, 11) is 1.73. The molecule has 1 fully saturated rings. The minimum absolute atomic E-state index is 0.102. The number of methoxy groups -OCH3 is 1. The summed E-state index contributed by atoms with van der Waals surface area (Å²) in [4.78, 5) is 0. The third kappa shape index (κ3) is 3.96. The highest BCUT2D eigenvalue weighted by Crippen LogP contribution is 2.33. The summed E-state index contributed by atoms with van der Waals surface area (Å²) in [6.07, 6.45) is 6.01. The fourth-order valence-corrected chi connectivity index (χ4v) is 3.07. The first-order valence-corrected chi connectivity index (χ1v) is 7.89. The van der Waals surface area contributed by atoms with Gasteiger partial charge in [0.15, 0.2) is 0 Å². The molecule has 0 saturated carbocycles. The van der Waals surface area contributed by atoms with E-state index in [0.29, 0.717) is 6.10 Å². The number of ether oxygens (including phenoxy) is 2. The minimum Gasteiger partial charge on any atom is -0.496 e. The first-order chi connectivity index (χ1) is 10.2. The van der Waals surface area contributed by atoms with Gasteiger partial charge in [-0.1, -0.05) is 12.1 Å². The van der Waals surface area contributed by atoms with Crippen molar-refractivity contribution in [2.45, 2.75) is 58.1 Å². The van der Waals surface area contributed by atoms with Gasteiger partial charge in [0.25, 0.3) is 0 Å². The summed E-state index contributed by atoms with van der Waals surface area (Å²) in [5, 5.41) is 0. The van der Waals surface area contributed by atoms with Crippen LogP contribution in [0.4, 0.5) is 0 Å². The average Bonchev–Trinajstić information content (AvgIpc) is 2.52. The first kappa shape index (κ1) is 16.3. The van der Waals surface area contributed by atoms with Gasteiger partial charge in [-0.2, -0.15) is 0 Å². The van der Waals surface area contributed by atoms with Gasteiger partial charge in [0.1, 0.15) is 5.75 Å². The van der Waals surface area contributed by atoms with Gasteiger partial charge in [-0.25, -0.2) is 0 Å². The number of nitrogens with one attached hydrogen (secondary N) is 1. The molecule has 3 N–H and O–H groups in total. The van der Waals surface area contributed by atoms with Crippen molar-refractivity contribution < 1.29 is 9.47 Å². The van der Waals surface area contributed by atoms with Crippen LogP contribution in [0, 0.1) is 13.8 Å². The molecule has 1 heterocycles. The van der Waals surface area contributed by atoms with Crippen molar-refractivity contribution >= 4 is 0 Å². The van der Waals surface area contributed by atoms with E-state index in [4.69, 9.17) is 15.3 Å². The molecule has 0 amide bonds. The Labute approximate surface area is 128 Å². The predicted octanol–water partition coefficient (Wildman–Crippen LogP) is 3.17. The Hall–Kier alpha value is -1.10. The molecule has 0 bridgehead atoms. The Morgan fingerprint density at radius 2 is 2.19 bits per heavy atom. The van der Waals surface area contributed by atoms with Crippen molar-refractivity contribution in [3.63, 3.8) is 0 Å². The zero-order valence-electron chi connectivity index (χ0n) is 13.4. The standard InChI is InChI=1S/C17H28N2O2/c1-12-7-9-15(17(20-3)13(12)2)16(19-18)10-8-14-6-4-5-11-21-14/h7,9,14,16,19H,4-6,8,10-11,18H2,1-3H3. The molecule has 4 nitrogen and oxygen atoms in total. The molecule has 21 heavy (non-hydrogen) atoms. The maximum absolute atomic E-state index is 5.81. The van der Waals surface area contributed by atoms with Crippen LogP contribution < -0.4 is 16.0 Å². The summed E-state index contributed by atoms with van der Waals surface area (Å²) < 4.78 is 11.4. The summed E-state index contributed by atoms with van der Waals surface area (Å²) in [5.41, 5.74) is 6.50. The van der Waals surface area contributed by atoms with Crippen LogP contribution in [-0.4, -0.2) is 19.8 Å². The third-order valence-corrected chi connectivity index (χ3v) is 4.54. The number of nitrogens with two attached hydrogens (primary N) is 1. The Morgan fingerprint density at radius 1 is 1.38 bits per heavy atom. The van der Waals surface area contributed by atoms with Gasteiger partial charge in [-0.05, 0) is 57.1 Å². The van der Waals surface area contributed by atoms with E-state index < -0.39 is 0 Å². The second-order valence-electron chi connectivity index (χ2n) is 5.92. The molecule has 1 aromatic carbocycles. The number of aryl methyl sites for hydroxylation is 1. The molecule has 1 saturated heterocycles. The van der Waals surface area contributed by atoms with Gasteiger partial charge < -0.3 is 9.47 Å². The van der Waals surface area contributed by atoms with Crippen LogP contribution in [0.5, 0.6) is 5.75 Å². The fourth-order valence-electron chi connectivity index (χ4n) is 3.07. The number of hydrogen-bond acceptors (Lipinski definition) is 4.